The van der Waals surface area contributed by atoms with Crippen molar-refractivity contribution in [1.82, 2.24) is 10.3 Å². The van der Waals surface area contributed by atoms with Crippen LogP contribution in [0.4, 0.5) is 0 Å². The van der Waals surface area contributed by atoms with Gasteiger partial charge in [-0.1, -0.05) is 13.8 Å². The molecule has 0 fully saturated rings. The molecular formula is C9H12N2O3. The molecule has 2 rings (SSSR count). The van der Waals surface area contributed by atoms with E-state index in [1.807, 2.05) is 13.8 Å². The first-order valence-electron chi connectivity index (χ1n) is 4.47. The van der Waals surface area contributed by atoms with Crippen LogP contribution in [-0.2, 0) is 11.2 Å². The third kappa shape index (κ3) is 1.81. The zero-order valence-corrected chi connectivity index (χ0v) is 8.38. The van der Waals surface area contributed by atoms with E-state index in [0.29, 0.717) is 11.6 Å². The number of carbonyl (C=O) groups excluding carboxylic acids is 2. The highest BCUT2D eigenvalue weighted by Crippen LogP contribution is 2.14. The van der Waals surface area contributed by atoms with E-state index in [1.54, 1.807) is 6.92 Å². The number of rotatable bonds is 0. The molecule has 0 aromatic carbocycles. The molecule has 0 bridgehead atoms. The molecule has 1 aliphatic heterocycles. The Morgan fingerprint density at radius 3 is 2.64 bits per heavy atom. The van der Waals surface area contributed by atoms with Gasteiger partial charge in [-0.05, 0) is 0 Å². The maximum Gasteiger partial charge on any atom is 0.295 e. The summed E-state index contributed by atoms with van der Waals surface area (Å²) in [5.74, 6) is -0.264. The smallest absolute Gasteiger partial charge is 0.295 e. The normalized spacial score (nSPS) is 13.9. The fourth-order valence-electron chi connectivity index (χ4n) is 1.15. The summed E-state index contributed by atoms with van der Waals surface area (Å²) in [7, 11) is 0. The van der Waals surface area contributed by atoms with Gasteiger partial charge in [0.25, 0.3) is 5.91 Å². The molecule has 5 heteroatoms. The van der Waals surface area contributed by atoms with Crippen molar-refractivity contribution >= 4 is 11.8 Å². The number of aromatic nitrogens is 1. The van der Waals surface area contributed by atoms with Gasteiger partial charge in [0, 0.05) is 6.92 Å². The van der Waals surface area contributed by atoms with Crippen molar-refractivity contribution in [2.45, 2.75) is 27.2 Å². The number of hydrogen-bond acceptors (Lipinski definition) is 4. The second kappa shape index (κ2) is 4.04. The Morgan fingerprint density at radius 2 is 2.00 bits per heavy atom. The zero-order chi connectivity index (χ0) is 10.7. The van der Waals surface area contributed by atoms with E-state index in [4.69, 9.17) is 4.42 Å². The molecule has 1 aromatic rings. The van der Waals surface area contributed by atoms with Crippen LogP contribution in [0.5, 0.6) is 0 Å². The minimum Gasteiger partial charge on any atom is -0.436 e. The van der Waals surface area contributed by atoms with Gasteiger partial charge in [-0.3, -0.25) is 14.9 Å². The summed E-state index contributed by atoms with van der Waals surface area (Å²) in [4.78, 5) is 25.8. The number of nitrogens with zero attached hydrogens (tertiary/aromatic N) is 1. The summed E-state index contributed by atoms with van der Waals surface area (Å²) < 4.78 is 4.99. The van der Waals surface area contributed by atoms with Gasteiger partial charge in [-0.25, -0.2) is 4.98 Å². The summed E-state index contributed by atoms with van der Waals surface area (Å²) in [6, 6.07) is 0. The van der Waals surface area contributed by atoms with Crippen molar-refractivity contribution in [1.29, 1.82) is 0 Å². The van der Waals surface area contributed by atoms with Gasteiger partial charge in [0.15, 0.2) is 5.89 Å². The van der Waals surface area contributed by atoms with Crippen molar-refractivity contribution in [2.24, 2.45) is 0 Å². The van der Waals surface area contributed by atoms with E-state index in [-0.39, 0.29) is 18.1 Å². The summed E-state index contributed by atoms with van der Waals surface area (Å²) in [6.07, 6.45) is 0.123. The third-order valence-electron chi connectivity index (χ3n) is 1.59. The predicted octanol–water partition coefficient (Wildman–Crippen LogP) is 0.822. The number of imide groups is 1. The molecule has 76 valence electrons. The van der Waals surface area contributed by atoms with Crippen molar-refractivity contribution < 1.29 is 14.0 Å². The second-order valence-corrected chi connectivity index (χ2v) is 2.56. The van der Waals surface area contributed by atoms with Crippen LogP contribution in [0.25, 0.3) is 0 Å². The lowest BCUT2D eigenvalue weighted by Crippen LogP contribution is -2.36. The van der Waals surface area contributed by atoms with Gasteiger partial charge >= 0.3 is 0 Å². The summed E-state index contributed by atoms with van der Waals surface area (Å²) in [5.41, 5.74) is 0.432. The Balaban J connectivity index is 0.000000461. The highest BCUT2D eigenvalue weighted by atomic mass is 16.4. The largest absolute Gasteiger partial charge is 0.436 e. The molecule has 0 saturated carbocycles. The minimum absolute atomic E-state index is 0.123. The molecule has 0 aliphatic carbocycles. The van der Waals surface area contributed by atoms with E-state index in [9.17, 15) is 9.59 Å². The van der Waals surface area contributed by atoms with Crippen molar-refractivity contribution in [3.63, 3.8) is 0 Å². The molecule has 1 N–H and O–H groups in total. The van der Waals surface area contributed by atoms with Crippen molar-refractivity contribution in [3.8, 4) is 0 Å². The molecule has 14 heavy (non-hydrogen) atoms. The predicted molar refractivity (Wildman–Crippen MR) is 48.8 cm³/mol. The molecular weight excluding hydrogens is 184 g/mol. The Bertz CT molecular complexity index is 368. The first kappa shape index (κ1) is 10.4. The number of aryl methyl sites for hydroxylation is 1. The van der Waals surface area contributed by atoms with Gasteiger partial charge in [-0.2, -0.15) is 0 Å². The number of nitrogens with one attached hydrogen (secondary N) is 1. The van der Waals surface area contributed by atoms with Crippen molar-refractivity contribution in [2.75, 3.05) is 0 Å². The average Bonchev–Trinajstić information content (AvgIpc) is 2.49. The van der Waals surface area contributed by atoms with Crippen LogP contribution in [0.15, 0.2) is 4.42 Å². The third-order valence-corrected chi connectivity index (χ3v) is 1.59. The first-order valence-corrected chi connectivity index (χ1v) is 4.47. The maximum absolute atomic E-state index is 11.0. The monoisotopic (exact) mass is 196 g/mol. The molecule has 2 amide bonds. The SMILES string of the molecule is CC.Cc1nc2c(o1)C(=O)NC(=O)C2. The Hall–Kier alpha value is -1.65. The van der Waals surface area contributed by atoms with E-state index < -0.39 is 5.91 Å². The summed E-state index contributed by atoms with van der Waals surface area (Å²) in [5, 5.41) is 2.14. The molecule has 5 nitrogen and oxygen atoms in total. The number of fused-ring (bicyclic) bond motifs is 1. The Kier molecular flexibility index (Phi) is 3.01. The molecule has 0 unspecified atom stereocenters. The number of amides is 2. The molecule has 0 radical (unpaired) electrons. The quantitative estimate of drug-likeness (QED) is 0.623. The van der Waals surface area contributed by atoms with Gasteiger partial charge in [-0.15, -0.1) is 0 Å². The van der Waals surface area contributed by atoms with E-state index in [1.165, 1.54) is 0 Å². The van der Waals surface area contributed by atoms with Crippen LogP contribution in [0.3, 0.4) is 0 Å². The fraction of sp³-hybridized carbons (Fsp3) is 0.444. The highest BCUT2D eigenvalue weighted by molar-refractivity contribution is 6.07. The Morgan fingerprint density at radius 1 is 1.36 bits per heavy atom. The number of oxazole rings is 1. The number of hydrogen-bond donors (Lipinski definition) is 1. The van der Waals surface area contributed by atoms with Gasteiger partial charge in [0.1, 0.15) is 5.69 Å². The molecule has 0 saturated heterocycles. The second-order valence-electron chi connectivity index (χ2n) is 2.56. The zero-order valence-electron chi connectivity index (χ0n) is 8.38. The van der Waals surface area contributed by atoms with Crippen LogP contribution in [0.1, 0.15) is 36.0 Å². The lowest BCUT2D eigenvalue weighted by Gasteiger charge is -2.06. The number of carbonyl (C=O) groups is 2. The van der Waals surface area contributed by atoms with Crippen LogP contribution >= 0.6 is 0 Å². The molecule has 2 heterocycles. The lowest BCUT2D eigenvalue weighted by atomic mass is 10.2. The van der Waals surface area contributed by atoms with Crippen LogP contribution in [-0.4, -0.2) is 16.8 Å². The Labute approximate surface area is 81.5 Å². The standard InChI is InChI=1S/C7H6N2O3.C2H6/c1-3-8-4-2-5(10)9-7(11)6(4)12-3;1-2/h2H2,1H3,(H,9,10,11);1-2H3. The van der Waals surface area contributed by atoms with Gasteiger partial charge in [0.05, 0.1) is 6.42 Å². The van der Waals surface area contributed by atoms with E-state index in [0.717, 1.165) is 0 Å². The van der Waals surface area contributed by atoms with Gasteiger partial charge < -0.3 is 4.42 Å². The van der Waals surface area contributed by atoms with Crippen molar-refractivity contribution in [3.05, 3.63) is 17.3 Å². The van der Waals surface area contributed by atoms with Crippen LogP contribution in [0.2, 0.25) is 0 Å². The highest BCUT2D eigenvalue weighted by Gasteiger charge is 2.27. The van der Waals surface area contributed by atoms with E-state index >= 15 is 0 Å². The van der Waals surface area contributed by atoms with E-state index in [2.05, 4.69) is 10.3 Å². The maximum atomic E-state index is 11.0. The molecule has 0 atom stereocenters. The summed E-state index contributed by atoms with van der Waals surface area (Å²) in [6.45, 7) is 5.63. The first-order chi connectivity index (χ1) is 6.66. The molecule has 0 spiro atoms. The summed E-state index contributed by atoms with van der Waals surface area (Å²) >= 11 is 0. The van der Waals surface area contributed by atoms with Crippen LogP contribution in [0, 0.1) is 6.92 Å². The molecule has 1 aromatic heterocycles. The topological polar surface area (TPSA) is 72.2 Å². The van der Waals surface area contributed by atoms with Crippen LogP contribution < -0.4 is 5.32 Å². The molecule has 1 aliphatic rings. The fourth-order valence-corrected chi connectivity index (χ4v) is 1.15. The average molecular weight is 196 g/mol. The minimum atomic E-state index is -0.498. The van der Waals surface area contributed by atoms with Gasteiger partial charge in [0.2, 0.25) is 11.7 Å². The lowest BCUT2D eigenvalue weighted by molar-refractivity contribution is -0.119.